The summed E-state index contributed by atoms with van der Waals surface area (Å²) in [7, 11) is -2.40. The summed E-state index contributed by atoms with van der Waals surface area (Å²) in [5.41, 5.74) is 1.44. The zero-order chi connectivity index (χ0) is 22.3. The molecular formula is C23H24N2O4S2. The monoisotopic (exact) mass is 456 g/mol. The molecule has 1 amide bonds. The molecule has 3 rings (SSSR count). The van der Waals surface area contributed by atoms with Gasteiger partial charge < -0.3 is 10.1 Å². The standard InChI is InChI=1S/C23H24N2O4S2/c1-29-19-12-14-20(15-13-19)31(27,28)25(16-18-8-4-3-5-9-18)17-23(26)24-21-10-6-7-11-22(21)30-2/h3-15H,16-17H2,1-2H3,(H,24,26). The summed E-state index contributed by atoms with van der Waals surface area (Å²) >= 11 is 1.51. The number of hydrogen-bond donors (Lipinski definition) is 1. The lowest BCUT2D eigenvalue weighted by Gasteiger charge is -2.22. The van der Waals surface area contributed by atoms with E-state index < -0.39 is 15.9 Å². The van der Waals surface area contributed by atoms with Crippen molar-refractivity contribution in [1.82, 2.24) is 4.31 Å². The smallest absolute Gasteiger partial charge is 0.243 e. The minimum atomic E-state index is -3.92. The second-order valence-electron chi connectivity index (χ2n) is 6.68. The Labute approximate surface area is 187 Å². The number of sulfonamides is 1. The van der Waals surface area contributed by atoms with E-state index in [1.807, 2.05) is 54.8 Å². The molecule has 0 aliphatic rings. The van der Waals surface area contributed by atoms with Gasteiger partial charge in [-0.25, -0.2) is 8.42 Å². The molecule has 162 valence electrons. The van der Waals surface area contributed by atoms with Gasteiger partial charge in [0.05, 0.1) is 24.2 Å². The van der Waals surface area contributed by atoms with Gasteiger partial charge in [-0.15, -0.1) is 11.8 Å². The summed E-state index contributed by atoms with van der Waals surface area (Å²) in [6.07, 6.45) is 1.92. The molecule has 3 aromatic rings. The summed E-state index contributed by atoms with van der Waals surface area (Å²) in [5, 5.41) is 2.83. The fraction of sp³-hybridized carbons (Fsp3) is 0.174. The number of methoxy groups -OCH3 is 1. The van der Waals surface area contributed by atoms with Crippen LogP contribution in [-0.4, -0.2) is 38.5 Å². The summed E-state index contributed by atoms with van der Waals surface area (Å²) in [6, 6.07) is 22.7. The molecule has 0 heterocycles. The van der Waals surface area contributed by atoms with E-state index in [2.05, 4.69) is 5.32 Å². The quantitative estimate of drug-likeness (QED) is 0.487. The highest BCUT2D eigenvalue weighted by atomic mass is 32.2. The number of anilines is 1. The van der Waals surface area contributed by atoms with Crippen LogP contribution in [0.25, 0.3) is 0 Å². The number of carbonyl (C=O) groups excluding carboxylic acids is 1. The minimum Gasteiger partial charge on any atom is -0.497 e. The number of nitrogens with zero attached hydrogens (tertiary/aromatic N) is 1. The molecule has 0 bridgehead atoms. The molecule has 1 N–H and O–H groups in total. The van der Waals surface area contributed by atoms with Gasteiger partial charge in [-0.1, -0.05) is 42.5 Å². The number of nitrogens with one attached hydrogen (secondary N) is 1. The van der Waals surface area contributed by atoms with E-state index in [0.29, 0.717) is 11.4 Å². The molecule has 0 atom stereocenters. The Morgan fingerprint density at radius 2 is 1.61 bits per heavy atom. The molecule has 0 fully saturated rings. The van der Waals surface area contributed by atoms with Crippen LogP contribution in [0.3, 0.4) is 0 Å². The third kappa shape index (κ3) is 5.88. The highest BCUT2D eigenvalue weighted by Gasteiger charge is 2.27. The van der Waals surface area contributed by atoms with Crippen molar-refractivity contribution < 1.29 is 17.9 Å². The summed E-state index contributed by atoms with van der Waals surface area (Å²) in [6.45, 7) is -0.237. The van der Waals surface area contributed by atoms with Gasteiger partial charge in [0.15, 0.2) is 0 Å². The number of carbonyl (C=O) groups is 1. The average Bonchev–Trinajstić information content (AvgIpc) is 2.79. The molecule has 31 heavy (non-hydrogen) atoms. The molecule has 0 unspecified atom stereocenters. The van der Waals surface area contributed by atoms with Crippen molar-refractivity contribution in [2.75, 3.05) is 25.2 Å². The van der Waals surface area contributed by atoms with Crippen LogP contribution in [0.2, 0.25) is 0 Å². The van der Waals surface area contributed by atoms with Crippen LogP contribution in [0.15, 0.2) is 88.7 Å². The second-order valence-corrected chi connectivity index (χ2v) is 9.47. The maximum atomic E-state index is 13.3. The van der Waals surface area contributed by atoms with Crippen molar-refractivity contribution >= 4 is 33.4 Å². The van der Waals surface area contributed by atoms with Crippen LogP contribution < -0.4 is 10.1 Å². The minimum absolute atomic E-state index is 0.0762. The maximum absolute atomic E-state index is 13.3. The first-order valence-corrected chi connectivity index (χ1v) is 12.2. The Balaban J connectivity index is 1.87. The molecule has 8 heteroatoms. The van der Waals surface area contributed by atoms with E-state index in [1.54, 1.807) is 18.2 Å². The van der Waals surface area contributed by atoms with Gasteiger partial charge in [0.25, 0.3) is 0 Å². The van der Waals surface area contributed by atoms with E-state index in [0.717, 1.165) is 10.5 Å². The van der Waals surface area contributed by atoms with Gasteiger partial charge in [0.1, 0.15) is 5.75 Å². The lowest BCUT2D eigenvalue weighted by molar-refractivity contribution is -0.116. The van der Waals surface area contributed by atoms with E-state index in [4.69, 9.17) is 4.74 Å². The first-order chi connectivity index (χ1) is 14.9. The van der Waals surface area contributed by atoms with Crippen LogP contribution in [-0.2, 0) is 21.4 Å². The van der Waals surface area contributed by atoms with Gasteiger partial charge in [-0.2, -0.15) is 4.31 Å². The first kappa shape index (κ1) is 22.9. The first-order valence-electron chi connectivity index (χ1n) is 9.55. The molecular weight excluding hydrogens is 432 g/mol. The van der Waals surface area contributed by atoms with Crippen LogP contribution in [0.5, 0.6) is 5.75 Å². The molecule has 0 aromatic heterocycles. The number of benzene rings is 3. The van der Waals surface area contributed by atoms with Gasteiger partial charge in [0, 0.05) is 11.4 Å². The molecule has 6 nitrogen and oxygen atoms in total. The number of amides is 1. The van der Waals surface area contributed by atoms with Gasteiger partial charge >= 0.3 is 0 Å². The highest BCUT2D eigenvalue weighted by molar-refractivity contribution is 7.98. The maximum Gasteiger partial charge on any atom is 0.243 e. The molecule has 0 saturated carbocycles. The van der Waals surface area contributed by atoms with E-state index in [9.17, 15) is 13.2 Å². The van der Waals surface area contributed by atoms with E-state index in [1.165, 1.54) is 35.3 Å². The molecule has 0 aliphatic carbocycles. The Bertz CT molecular complexity index is 1120. The zero-order valence-electron chi connectivity index (χ0n) is 17.3. The SMILES string of the molecule is COc1ccc(S(=O)(=O)N(CC(=O)Nc2ccccc2SC)Cc2ccccc2)cc1. The van der Waals surface area contributed by atoms with Gasteiger partial charge in [0.2, 0.25) is 15.9 Å². The lowest BCUT2D eigenvalue weighted by atomic mass is 10.2. The van der Waals surface area contributed by atoms with Crippen molar-refractivity contribution in [3.63, 3.8) is 0 Å². The van der Waals surface area contributed by atoms with Crippen molar-refractivity contribution in [2.45, 2.75) is 16.3 Å². The number of para-hydroxylation sites is 1. The average molecular weight is 457 g/mol. The number of hydrogen-bond acceptors (Lipinski definition) is 5. The fourth-order valence-corrected chi connectivity index (χ4v) is 4.95. The molecule has 0 saturated heterocycles. The third-order valence-electron chi connectivity index (χ3n) is 4.60. The van der Waals surface area contributed by atoms with Crippen molar-refractivity contribution in [2.24, 2.45) is 0 Å². The van der Waals surface area contributed by atoms with Crippen molar-refractivity contribution in [1.29, 1.82) is 0 Å². The second kappa shape index (κ2) is 10.5. The van der Waals surface area contributed by atoms with Crippen molar-refractivity contribution in [3.05, 3.63) is 84.4 Å². The summed E-state index contributed by atoms with van der Waals surface area (Å²) < 4.78 is 33.0. The zero-order valence-corrected chi connectivity index (χ0v) is 18.9. The highest BCUT2D eigenvalue weighted by Crippen LogP contribution is 2.25. The molecule has 0 radical (unpaired) electrons. The number of thioether (sulfide) groups is 1. The number of rotatable bonds is 9. The van der Waals surface area contributed by atoms with Gasteiger partial charge in [-0.3, -0.25) is 4.79 Å². The molecule has 0 aliphatic heterocycles. The Morgan fingerprint density at radius 3 is 2.26 bits per heavy atom. The van der Waals surface area contributed by atoms with Gasteiger partial charge in [-0.05, 0) is 48.2 Å². The van der Waals surface area contributed by atoms with Crippen LogP contribution in [0.4, 0.5) is 5.69 Å². The van der Waals surface area contributed by atoms with Crippen LogP contribution in [0, 0.1) is 0 Å². The predicted octanol–water partition coefficient (Wildman–Crippen LogP) is 4.25. The normalized spacial score (nSPS) is 11.3. The third-order valence-corrected chi connectivity index (χ3v) is 7.20. The van der Waals surface area contributed by atoms with E-state index in [-0.39, 0.29) is 18.0 Å². The fourth-order valence-electron chi connectivity index (χ4n) is 3.01. The Kier molecular flexibility index (Phi) is 7.73. The Morgan fingerprint density at radius 1 is 0.968 bits per heavy atom. The lowest BCUT2D eigenvalue weighted by Crippen LogP contribution is -2.37. The predicted molar refractivity (Wildman–Crippen MR) is 124 cm³/mol. The van der Waals surface area contributed by atoms with Crippen LogP contribution in [0.1, 0.15) is 5.56 Å². The molecule has 3 aromatic carbocycles. The van der Waals surface area contributed by atoms with E-state index >= 15 is 0 Å². The van der Waals surface area contributed by atoms with Crippen molar-refractivity contribution in [3.8, 4) is 5.75 Å². The summed E-state index contributed by atoms with van der Waals surface area (Å²) in [5.74, 6) is 0.148. The Hall–Kier alpha value is -2.81. The summed E-state index contributed by atoms with van der Waals surface area (Å²) in [4.78, 5) is 13.8. The largest absolute Gasteiger partial charge is 0.497 e. The van der Waals surface area contributed by atoms with Crippen LogP contribution >= 0.6 is 11.8 Å². The molecule has 0 spiro atoms. The topological polar surface area (TPSA) is 75.7 Å². The number of ether oxygens (including phenoxy) is 1.